The van der Waals surface area contributed by atoms with Gasteiger partial charge in [0.1, 0.15) is 0 Å². The standard InChI is InChI=1S/C15H28N2O/c1-12-6-8-13(9-7-12)15(18)17(11-10-16)14-4-2-3-5-14/h12-14H,2-11,16H2,1H3. The molecule has 1 amide bonds. The van der Waals surface area contributed by atoms with E-state index in [1.54, 1.807) is 0 Å². The van der Waals surface area contributed by atoms with E-state index in [4.69, 9.17) is 5.73 Å². The second-order valence-electron chi connectivity index (χ2n) is 6.22. The van der Waals surface area contributed by atoms with Gasteiger partial charge in [-0.2, -0.15) is 0 Å². The van der Waals surface area contributed by atoms with E-state index >= 15 is 0 Å². The molecule has 3 nitrogen and oxygen atoms in total. The molecule has 104 valence electrons. The molecule has 0 spiro atoms. The Kier molecular flexibility index (Phi) is 5.04. The summed E-state index contributed by atoms with van der Waals surface area (Å²) >= 11 is 0. The van der Waals surface area contributed by atoms with E-state index in [-0.39, 0.29) is 5.92 Å². The predicted molar refractivity (Wildman–Crippen MR) is 74.1 cm³/mol. The molecule has 2 rings (SSSR count). The number of hydrogen-bond acceptors (Lipinski definition) is 2. The lowest BCUT2D eigenvalue weighted by molar-refractivity contribution is -0.139. The fraction of sp³-hybridized carbons (Fsp3) is 0.933. The summed E-state index contributed by atoms with van der Waals surface area (Å²) in [4.78, 5) is 14.8. The predicted octanol–water partition coefficient (Wildman–Crippen LogP) is 2.54. The van der Waals surface area contributed by atoms with Crippen LogP contribution in [0.25, 0.3) is 0 Å². The molecule has 0 heterocycles. The summed E-state index contributed by atoms with van der Waals surface area (Å²) in [6, 6.07) is 0.486. The van der Waals surface area contributed by atoms with Crippen molar-refractivity contribution in [3.05, 3.63) is 0 Å². The van der Waals surface area contributed by atoms with Gasteiger partial charge in [0.05, 0.1) is 0 Å². The van der Waals surface area contributed by atoms with Crippen molar-refractivity contribution in [2.75, 3.05) is 13.1 Å². The summed E-state index contributed by atoms with van der Waals surface area (Å²) in [5.41, 5.74) is 5.69. The van der Waals surface area contributed by atoms with Crippen molar-refractivity contribution in [1.82, 2.24) is 4.90 Å². The van der Waals surface area contributed by atoms with Crippen molar-refractivity contribution >= 4 is 5.91 Å². The summed E-state index contributed by atoms with van der Waals surface area (Å²) in [6.07, 6.45) is 9.56. The van der Waals surface area contributed by atoms with Crippen LogP contribution < -0.4 is 5.73 Å². The molecule has 2 aliphatic carbocycles. The molecule has 0 aromatic heterocycles. The van der Waals surface area contributed by atoms with Crippen molar-refractivity contribution in [1.29, 1.82) is 0 Å². The first-order valence-corrected chi connectivity index (χ1v) is 7.73. The van der Waals surface area contributed by atoms with Gasteiger partial charge in [0.2, 0.25) is 5.91 Å². The minimum absolute atomic E-state index is 0.286. The number of amides is 1. The van der Waals surface area contributed by atoms with Gasteiger partial charge in [0, 0.05) is 25.0 Å². The summed E-state index contributed by atoms with van der Waals surface area (Å²) in [5.74, 6) is 1.50. The Labute approximate surface area is 111 Å². The van der Waals surface area contributed by atoms with Gasteiger partial charge in [-0.15, -0.1) is 0 Å². The Hall–Kier alpha value is -0.570. The number of nitrogens with two attached hydrogens (primary N) is 1. The van der Waals surface area contributed by atoms with E-state index < -0.39 is 0 Å². The van der Waals surface area contributed by atoms with E-state index in [0.717, 1.165) is 25.3 Å². The van der Waals surface area contributed by atoms with Crippen molar-refractivity contribution in [3.63, 3.8) is 0 Å². The first kappa shape index (κ1) is 13.9. The van der Waals surface area contributed by atoms with Crippen LogP contribution in [0.1, 0.15) is 58.3 Å². The van der Waals surface area contributed by atoms with Crippen molar-refractivity contribution in [2.45, 2.75) is 64.3 Å². The van der Waals surface area contributed by atoms with E-state index in [1.807, 2.05) is 0 Å². The number of carbonyl (C=O) groups is 1. The third-order valence-electron chi connectivity index (χ3n) is 4.78. The van der Waals surface area contributed by atoms with E-state index in [1.165, 1.54) is 38.5 Å². The average Bonchev–Trinajstić information content (AvgIpc) is 2.90. The minimum Gasteiger partial charge on any atom is -0.338 e. The molecule has 0 bridgehead atoms. The number of hydrogen-bond donors (Lipinski definition) is 1. The molecule has 2 N–H and O–H groups in total. The first-order valence-electron chi connectivity index (χ1n) is 7.73. The zero-order valence-corrected chi connectivity index (χ0v) is 11.7. The van der Waals surface area contributed by atoms with Gasteiger partial charge in [0.15, 0.2) is 0 Å². The van der Waals surface area contributed by atoms with E-state index in [9.17, 15) is 4.79 Å². The number of carbonyl (C=O) groups excluding carboxylic acids is 1. The van der Waals surface area contributed by atoms with Gasteiger partial charge in [-0.25, -0.2) is 0 Å². The highest BCUT2D eigenvalue weighted by molar-refractivity contribution is 5.79. The summed E-state index contributed by atoms with van der Waals surface area (Å²) in [5, 5.41) is 0. The maximum absolute atomic E-state index is 12.7. The highest BCUT2D eigenvalue weighted by Crippen LogP contribution is 2.32. The number of nitrogens with zero attached hydrogens (tertiary/aromatic N) is 1. The second-order valence-corrected chi connectivity index (χ2v) is 6.22. The molecule has 0 saturated heterocycles. The van der Waals surface area contributed by atoms with Gasteiger partial charge in [-0.05, 0) is 44.4 Å². The van der Waals surface area contributed by atoms with Crippen LogP contribution in [0.3, 0.4) is 0 Å². The topological polar surface area (TPSA) is 46.3 Å². The molecule has 0 unspecified atom stereocenters. The third-order valence-corrected chi connectivity index (χ3v) is 4.78. The van der Waals surface area contributed by atoms with Crippen LogP contribution in [0.2, 0.25) is 0 Å². The molecule has 2 fully saturated rings. The fourth-order valence-corrected chi connectivity index (χ4v) is 3.57. The molecule has 3 heteroatoms. The van der Waals surface area contributed by atoms with Gasteiger partial charge < -0.3 is 10.6 Å². The Morgan fingerprint density at radius 1 is 1.11 bits per heavy atom. The lowest BCUT2D eigenvalue weighted by Crippen LogP contribution is -2.45. The van der Waals surface area contributed by atoms with Crippen molar-refractivity contribution < 1.29 is 4.79 Å². The van der Waals surface area contributed by atoms with Crippen molar-refractivity contribution in [2.24, 2.45) is 17.6 Å². The second kappa shape index (κ2) is 6.55. The Bertz CT molecular complexity index is 266. The first-order chi connectivity index (χ1) is 8.72. The third kappa shape index (κ3) is 3.25. The fourth-order valence-electron chi connectivity index (χ4n) is 3.57. The molecule has 0 aromatic rings. The molecule has 0 radical (unpaired) electrons. The lowest BCUT2D eigenvalue weighted by atomic mass is 9.82. The molecule has 0 aliphatic heterocycles. The monoisotopic (exact) mass is 252 g/mol. The molecule has 2 saturated carbocycles. The zero-order valence-electron chi connectivity index (χ0n) is 11.7. The highest BCUT2D eigenvalue weighted by atomic mass is 16.2. The Morgan fingerprint density at radius 3 is 2.28 bits per heavy atom. The number of rotatable bonds is 4. The molecular formula is C15H28N2O. The smallest absolute Gasteiger partial charge is 0.225 e. The van der Waals surface area contributed by atoms with Crippen LogP contribution in [0.15, 0.2) is 0 Å². The van der Waals surface area contributed by atoms with Crippen LogP contribution >= 0.6 is 0 Å². The van der Waals surface area contributed by atoms with Crippen LogP contribution in [0, 0.1) is 11.8 Å². The van der Waals surface area contributed by atoms with Crippen LogP contribution in [0.5, 0.6) is 0 Å². The van der Waals surface area contributed by atoms with Gasteiger partial charge in [-0.1, -0.05) is 19.8 Å². The van der Waals surface area contributed by atoms with Gasteiger partial charge in [-0.3, -0.25) is 4.79 Å². The van der Waals surface area contributed by atoms with E-state index in [2.05, 4.69) is 11.8 Å². The zero-order chi connectivity index (χ0) is 13.0. The molecular weight excluding hydrogens is 224 g/mol. The molecule has 2 aliphatic rings. The Morgan fingerprint density at radius 2 is 1.72 bits per heavy atom. The Balaban J connectivity index is 1.94. The minimum atomic E-state index is 0.286. The molecule has 0 aromatic carbocycles. The maximum atomic E-state index is 12.7. The van der Waals surface area contributed by atoms with Crippen molar-refractivity contribution in [3.8, 4) is 0 Å². The molecule has 0 atom stereocenters. The van der Waals surface area contributed by atoms with Gasteiger partial charge in [0.25, 0.3) is 0 Å². The highest BCUT2D eigenvalue weighted by Gasteiger charge is 2.32. The lowest BCUT2D eigenvalue weighted by Gasteiger charge is -2.34. The maximum Gasteiger partial charge on any atom is 0.225 e. The van der Waals surface area contributed by atoms with Crippen LogP contribution in [-0.4, -0.2) is 29.9 Å². The molecule has 18 heavy (non-hydrogen) atoms. The summed E-state index contributed by atoms with van der Waals surface area (Å²) in [6.45, 7) is 3.66. The summed E-state index contributed by atoms with van der Waals surface area (Å²) < 4.78 is 0. The van der Waals surface area contributed by atoms with E-state index in [0.29, 0.717) is 18.5 Å². The largest absolute Gasteiger partial charge is 0.338 e. The average molecular weight is 252 g/mol. The quantitative estimate of drug-likeness (QED) is 0.835. The SMILES string of the molecule is CC1CCC(C(=O)N(CCN)C2CCCC2)CC1. The normalized spacial score (nSPS) is 29.4. The van der Waals surface area contributed by atoms with Gasteiger partial charge >= 0.3 is 0 Å². The summed E-state index contributed by atoms with van der Waals surface area (Å²) in [7, 11) is 0. The van der Waals surface area contributed by atoms with Crippen LogP contribution in [-0.2, 0) is 4.79 Å². The van der Waals surface area contributed by atoms with Crippen LogP contribution in [0.4, 0.5) is 0 Å².